The number of imide groups is 1. The summed E-state index contributed by atoms with van der Waals surface area (Å²) >= 11 is 0. The number of hydrogen-bond acceptors (Lipinski definition) is 10. The molecule has 3 saturated heterocycles. The first-order chi connectivity index (χ1) is 21.0. The molecule has 6 amide bonds. The molecule has 3 aliphatic rings. The Labute approximate surface area is 255 Å². The molecule has 244 valence electrons. The Kier molecular flexibility index (Phi) is 12.4. The van der Waals surface area contributed by atoms with Gasteiger partial charge in [0, 0.05) is 58.0 Å². The maximum absolute atomic E-state index is 13.4. The number of urea groups is 1. The zero-order valence-electron chi connectivity index (χ0n) is 25.2. The van der Waals surface area contributed by atoms with Crippen molar-refractivity contribution in [2.75, 3.05) is 45.9 Å². The number of hydrogen-bond donors (Lipinski definition) is 5. The number of nitrogens with zero attached hydrogens (tertiary/aromatic N) is 4. The maximum atomic E-state index is 13.4. The van der Waals surface area contributed by atoms with E-state index in [1.807, 2.05) is 4.90 Å². The second-order valence-electron chi connectivity index (χ2n) is 11.0. The number of rotatable bonds is 16. The highest BCUT2D eigenvalue weighted by atomic mass is 16.5. The number of piperazine rings is 1. The smallest absolute Gasteiger partial charge is 0.328 e. The van der Waals surface area contributed by atoms with Crippen molar-refractivity contribution in [1.29, 1.82) is 0 Å². The molecule has 0 bridgehead atoms. The number of ether oxygens (including phenoxy) is 1. The molecule has 5 atom stereocenters. The number of aliphatic imine (C=N–C) groups is 1. The Morgan fingerprint density at radius 1 is 1.16 bits per heavy atom. The van der Waals surface area contributed by atoms with Crippen LogP contribution in [0.4, 0.5) is 4.79 Å². The van der Waals surface area contributed by atoms with Gasteiger partial charge in [0.25, 0.3) is 5.91 Å². The summed E-state index contributed by atoms with van der Waals surface area (Å²) in [7, 11) is 0. The van der Waals surface area contributed by atoms with Gasteiger partial charge in [0.05, 0.1) is 12.6 Å². The van der Waals surface area contributed by atoms with Gasteiger partial charge in [0.15, 0.2) is 5.96 Å². The van der Waals surface area contributed by atoms with Crippen LogP contribution in [0.5, 0.6) is 0 Å². The molecule has 0 aromatic rings. The molecule has 0 saturated carbocycles. The van der Waals surface area contributed by atoms with E-state index in [0.29, 0.717) is 45.2 Å². The largest absolute Gasteiger partial charge is 0.464 e. The van der Waals surface area contributed by atoms with Crippen molar-refractivity contribution in [3.05, 3.63) is 0 Å². The molecule has 3 fully saturated rings. The zero-order valence-corrected chi connectivity index (χ0v) is 25.2. The average molecular weight is 622 g/mol. The van der Waals surface area contributed by atoms with Crippen molar-refractivity contribution < 1.29 is 38.3 Å². The quantitative estimate of drug-likeness (QED) is 0.0291. The minimum atomic E-state index is -1.20. The number of guanidine groups is 1. The molecule has 44 heavy (non-hydrogen) atoms. The first kappa shape index (κ1) is 34.2. The molecule has 3 aliphatic heterocycles. The molecule has 3 heterocycles. The van der Waals surface area contributed by atoms with Gasteiger partial charge in [-0.2, -0.15) is 0 Å². The van der Waals surface area contributed by atoms with Crippen molar-refractivity contribution >= 4 is 47.9 Å². The summed E-state index contributed by atoms with van der Waals surface area (Å²) in [6.07, 6.45) is 1.82. The molecule has 7 N–H and O–H groups in total. The van der Waals surface area contributed by atoms with E-state index in [2.05, 4.69) is 20.9 Å². The molecule has 0 spiro atoms. The van der Waals surface area contributed by atoms with Crippen LogP contribution < -0.4 is 27.4 Å². The Bertz CT molecular complexity index is 1140. The minimum Gasteiger partial charge on any atom is -0.464 e. The lowest BCUT2D eigenvalue weighted by molar-refractivity contribution is -0.144. The standard InChI is InChI=1S/C27H43N9O8/c1-3-18-23(40)36(27(43)33-18)20(14-30-15-37)24(41)35-10-8-34(9-11-35)16(2)21(38)13-17(5-4-7-31-26(28)29)22(39)32-19-6-12-44-25(19)42/h15-20H,3-14H2,1-2H3,(H,30,37)(H,32,39)(H,33,43)(H4,28,29,31)/t16-,17-,18-,19?,20+/m1/s1. The molecule has 17 heteroatoms. The van der Waals surface area contributed by atoms with Crippen LogP contribution in [-0.4, -0.2) is 133 Å². The number of nitrogens with two attached hydrogens (primary N) is 2. The fourth-order valence-corrected chi connectivity index (χ4v) is 5.51. The summed E-state index contributed by atoms with van der Waals surface area (Å²) in [5.74, 6) is -2.90. The van der Waals surface area contributed by atoms with E-state index in [4.69, 9.17) is 16.2 Å². The van der Waals surface area contributed by atoms with Gasteiger partial charge >= 0.3 is 12.0 Å². The van der Waals surface area contributed by atoms with Crippen molar-refractivity contribution in [3.63, 3.8) is 0 Å². The molecule has 0 aromatic heterocycles. The van der Waals surface area contributed by atoms with Crippen molar-refractivity contribution in [2.45, 2.75) is 70.1 Å². The maximum Gasteiger partial charge on any atom is 0.328 e. The number of esters is 1. The van der Waals surface area contributed by atoms with Crippen LogP contribution in [0.2, 0.25) is 0 Å². The van der Waals surface area contributed by atoms with Crippen LogP contribution in [0.1, 0.15) is 46.0 Å². The Hall–Kier alpha value is -4.28. The summed E-state index contributed by atoms with van der Waals surface area (Å²) < 4.78 is 4.92. The summed E-state index contributed by atoms with van der Waals surface area (Å²) in [4.78, 5) is 96.2. The predicted molar refractivity (Wildman–Crippen MR) is 155 cm³/mol. The lowest BCUT2D eigenvalue weighted by Gasteiger charge is -2.39. The van der Waals surface area contributed by atoms with Gasteiger partial charge in [0.2, 0.25) is 18.2 Å². The van der Waals surface area contributed by atoms with Gasteiger partial charge in [-0.05, 0) is 26.2 Å². The summed E-state index contributed by atoms with van der Waals surface area (Å²) in [6, 6.07) is -3.94. The normalized spacial score (nSPS) is 22.5. The second kappa shape index (κ2) is 16.0. The highest BCUT2D eigenvalue weighted by Crippen LogP contribution is 2.20. The molecule has 0 aromatic carbocycles. The first-order valence-corrected chi connectivity index (χ1v) is 14.9. The highest BCUT2D eigenvalue weighted by Gasteiger charge is 2.45. The van der Waals surface area contributed by atoms with Crippen molar-refractivity contribution in [1.82, 2.24) is 30.7 Å². The van der Waals surface area contributed by atoms with Crippen molar-refractivity contribution in [2.24, 2.45) is 22.4 Å². The molecular weight excluding hydrogens is 578 g/mol. The van der Waals surface area contributed by atoms with Gasteiger partial charge in [-0.25, -0.2) is 14.5 Å². The lowest BCUT2D eigenvalue weighted by Crippen LogP contribution is -2.60. The van der Waals surface area contributed by atoms with E-state index in [9.17, 15) is 33.6 Å². The fourth-order valence-electron chi connectivity index (χ4n) is 5.51. The van der Waals surface area contributed by atoms with Crippen LogP contribution in [0.3, 0.4) is 0 Å². The molecule has 0 radical (unpaired) electrons. The summed E-state index contributed by atoms with van der Waals surface area (Å²) in [5.41, 5.74) is 10.8. The number of carbonyl (C=O) groups is 7. The number of nitrogens with one attached hydrogen (secondary N) is 3. The molecular formula is C27H43N9O8. The van der Waals surface area contributed by atoms with Gasteiger partial charge in [-0.1, -0.05) is 6.92 Å². The van der Waals surface area contributed by atoms with Crippen LogP contribution in [0.25, 0.3) is 0 Å². The van der Waals surface area contributed by atoms with E-state index in [1.165, 1.54) is 4.90 Å². The van der Waals surface area contributed by atoms with E-state index in [1.54, 1.807) is 13.8 Å². The highest BCUT2D eigenvalue weighted by molar-refractivity contribution is 6.07. The third kappa shape index (κ3) is 8.64. The summed E-state index contributed by atoms with van der Waals surface area (Å²) in [5, 5.41) is 7.65. The van der Waals surface area contributed by atoms with Gasteiger partial charge in [-0.3, -0.25) is 33.9 Å². The van der Waals surface area contributed by atoms with Gasteiger partial charge in [-0.15, -0.1) is 0 Å². The number of carbonyl (C=O) groups excluding carboxylic acids is 7. The third-order valence-electron chi connectivity index (χ3n) is 8.17. The lowest BCUT2D eigenvalue weighted by atomic mass is 9.92. The van der Waals surface area contributed by atoms with Crippen LogP contribution in [-0.2, 0) is 33.5 Å². The Morgan fingerprint density at radius 3 is 2.43 bits per heavy atom. The Balaban J connectivity index is 1.60. The van der Waals surface area contributed by atoms with Crippen LogP contribution in [0.15, 0.2) is 4.99 Å². The molecule has 1 unspecified atom stereocenters. The predicted octanol–water partition coefficient (Wildman–Crippen LogP) is -2.98. The van der Waals surface area contributed by atoms with Crippen LogP contribution >= 0.6 is 0 Å². The monoisotopic (exact) mass is 621 g/mol. The van der Waals surface area contributed by atoms with E-state index >= 15 is 0 Å². The van der Waals surface area contributed by atoms with Crippen molar-refractivity contribution in [3.8, 4) is 0 Å². The number of cyclic esters (lactones) is 1. The fraction of sp³-hybridized carbons (Fsp3) is 0.704. The van der Waals surface area contributed by atoms with E-state index in [0.717, 1.165) is 4.90 Å². The third-order valence-corrected chi connectivity index (χ3v) is 8.17. The first-order valence-electron chi connectivity index (χ1n) is 14.9. The summed E-state index contributed by atoms with van der Waals surface area (Å²) in [6.45, 7) is 4.86. The second-order valence-corrected chi connectivity index (χ2v) is 11.0. The minimum absolute atomic E-state index is 0.0695. The van der Waals surface area contributed by atoms with Gasteiger partial charge in [0.1, 0.15) is 23.9 Å². The van der Waals surface area contributed by atoms with Gasteiger partial charge < -0.3 is 37.1 Å². The molecule has 3 rings (SSSR count). The Morgan fingerprint density at radius 2 is 1.86 bits per heavy atom. The molecule has 17 nitrogen and oxygen atoms in total. The van der Waals surface area contributed by atoms with Crippen LogP contribution in [0, 0.1) is 5.92 Å². The number of amides is 6. The number of Topliss-reactive ketones (excluding diaryl/α,β-unsaturated/α-hetero) is 1. The SMILES string of the molecule is CC[C@H]1NC(=O)N([C@@H](CNC=O)C(=O)N2CCN([C@H](C)C(=O)C[C@@H](CCCN=C(N)N)C(=O)NC3CCOC3=O)CC2)C1=O. The topological polar surface area (TPSA) is 239 Å². The van der Waals surface area contributed by atoms with E-state index < -0.39 is 59.8 Å². The average Bonchev–Trinajstić information content (AvgIpc) is 3.54. The number of ketones is 1. The van der Waals surface area contributed by atoms with E-state index in [-0.39, 0.29) is 50.9 Å². The zero-order chi connectivity index (χ0) is 32.4. The molecule has 0 aliphatic carbocycles.